The summed E-state index contributed by atoms with van der Waals surface area (Å²) >= 11 is 0. The Balaban J connectivity index is 2.38. The summed E-state index contributed by atoms with van der Waals surface area (Å²) in [4.78, 5) is 12.1. The lowest BCUT2D eigenvalue weighted by molar-refractivity contribution is 0.101. The number of nitrogens with one attached hydrogen (secondary N) is 1. The van der Waals surface area contributed by atoms with Gasteiger partial charge in [-0.3, -0.25) is 4.79 Å². The maximum atomic E-state index is 13.6. The van der Waals surface area contributed by atoms with Crippen LogP contribution in [0.3, 0.4) is 0 Å². The molecule has 2 nitrogen and oxygen atoms in total. The summed E-state index contributed by atoms with van der Waals surface area (Å²) in [6.45, 7) is 3.79. The molecule has 0 saturated carbocycles. The molecule has 1 amide bonds. The number of aryl methyl sites for hydroxylation is 2. The Kier molecular flexibility index (Phi) is 4.13. The van der Waals surface area contributed by atoms with Crippen LogP contribution in [-0.2, 0) is 6.42 Å². The average molecular weight is 275 g/mol. The van der Waals surface area contributed by atoms with Gasteiger partial charge < -0.3 is 5.32 Å². The second-order valence-corrected chi connectivity index (χ2v) is 4.51. The Morgan fingerprint density at radius 3 is 2.30 bits per heavy atom. The van der Waals surface area contributed by atoms with Crippen LogP contribution in [0, 0.1) is 18.6 Å². The fraction of sp³-hybridized carbons (Fsp3) is 0.188. The summed E-state index contributed by atoms with van der Waals surface area (Å²) in [6, 6.07) is 8.96. The highest BCUT2D eigenvalue weighted by Gasteiger charge is 2.18. The number of rotatable bonds is 3. The highest BCUT2D eigenvalue weighted by atomic mass is 19.1. The van der Waals surface area contributed by atoms with Crippen molar-refractivity contribution in [2.24, 2.45) is 0 Å². The number of carbonyl (C=O) groups is 1. The van der Waals surface area contributed by atoms with E-state index in [0.29, 0.717) is 5.69 Å². The molecule has 0 heterocycles. The first-order valence-electron chi connectivity index (χ1n) is 6.38. The van der Waals surface area contributed by atoms with Crippen LogP contribution in [0.4, 0.5) is 14.5 Å². The molecule has 2 aromatic rings. The number of benzene rings is 2. The monoisotopic (exact) mass is 275 g/mol. The molecule has 4 heteroatoms. The van der Waals surface area contributed by atoms with Crippen molar-refractivity contribution in [3.05, 3.63) is 64.7 Å². The molecule has 104 valence electrons. The largest absolute Gasteiger partial charge is 0.321 e. The fourth-order valence-electron chi connectivity index (χ4n) is 2.09. The zero-order valence-corrected chi connectivity index (χ0v) is 11.3. The molecule has 0 bridgehead atoms. The molecule has 0 saturated heterocycles. The van der Waals surface area contributed by atoms with Crippen molar-refractivity contribution in [2.45, 2.75) is 20.3 Å². The zero-order valence-electron chi connectivity index (χ0n) is 11.3. The molecular weight excluding hydrogens is 260 g/mol. The number of carbonyl (C=O) groups excluding carboxylic acids is 1. The second kappa shape index (κ2) is 5.82. The number of para-hydroxylation sites is 1. The SMILES string of the molecule is CCc1cccc(C)c1NC(=O)c1c(F)cccc1F. The lowest BCUT2D eigenvalue weighted by Crippen LogP contribution is -2.17. The molecule has 0 unspecified atom stereocenters. The molecule has 20 heavy (non-hydrogen) atoms. The normalized spacial score (nSPS) is 10.4. The first-order chi connectivity index (χ1) is 9.54. The Hall–Kier alpha value is -2.23. The van der Waals surface area contributed by atoms with Crippen molar-refractivity contribution >= 4 is 11.6 Å². The molecule has 1 N–H and O–H groups in total. The number of amides is 1. The van der Waals surface area contributed by atoms with Crippen LogP contribution in [0.1, 0.15) is 28.4 Å². The minimum Gasteiger partial charge on any atom is -0.321 e. The maximum Gasteiger partial charge on any atom is 0.261 e. The van der Waals surface area contributed by atoms with E-state index in [2.05, 4.69) is 5.32 Å². The first kappa shape index (κ1) is 14.2. The molecule has 0 aliphatic carbocycles. The van der Waals surface area contributed by atoms with Gasteiger partial charge in [0, 0.05) is 5.69 Å². The van der Waals surface area contributed by atoms with Gasteiger partial charge in [-0.15, -0.1) is 0 Å². The molecule has 0 aliphatic heterocycles. The van der Waals surface area contributed by atoms with Gasteiger partial charge in [0.05, 0.1) is 0 Å². The van der Waals surface area contributed by atoms with Gasteiger partial charge >= 0.3 is 0 Å². The van der Waals surface area contributed by atoms with Crippen LogP contribution >= 0.6 is 0 Å². The Bertz CT molecular complexity index is 633. The summed E-state index contributed by atoms with van der Waals surface area (Å²) < 4.78 is 27.2. The van der Waals surface area contributed by atoms with E-state index in [0.717, 1.165) is 29.7 Å². The molecule has 2 aromatic carbocycles. The van der Waals surface area contributed by atoms with Gasteiger partial charge in [-0.05, 0) is 36.6 Å². The predicted molar refractivity (Wildman–Crippen MR) is 74.9 cm³/mol. The number of anilines is 1. The van der Waals surface area contributed by atoms with Gasteiger partial charge in [0.15, 0.2) is 0 Å². The summed E-state index contributed by atoms with van der Waals surface area (Å²) in [5.74, 6) is -2.51. The Morgan fingerprint density at radius 2 is 1.70 bits per heavy atom. The van der Waals surface area contributed by atoms with E-state index < -0.39 is 23.1 Å². The maximum absolute atomic E-state index is 13.6. The van der Waals surface area contributed by atoms with Crippen LogP contribution in [0.2, 0.25) is 0 Å². The predicted octanol–water partition coefficient (Wildman–Crippen LogP) is 4.09. The fourth-order valence-corrected chi connectivity index (χ4v) is 2.09. The highest BCUT2D eigenvalue weighted by Crippen LogP contribution is 2.23. The van der Waals surface area contributed by atoms with Gasteiger partial charge in [0.2, 0.25) is 0 Å². The average Bonchev–Trinajstić information content (AvgIpc) is 2.41. The molecule has 2 rings (SSSR count). The lowest BCUT2D eigenvalue weighted by atomic mass is 10.1. The van der Waals surface area contributed by atoms with E-state index in [4.69, 9.17) is 0 Å². The quantitative estimate of drug-likeness (QED) is 0.898. The van der Waals surface area contributed by atoms with Gasteiger partial charge in [-0.1, -0.05) is 31.2 Å². The number of halogens is 2. The van der Waals surface area contributed by atoms with E-state index in [1.54, 1.807) is 0 Å². The number of hydrogen-bond acceptors (Lipinski definition) is 1. The van der Waals surface area contributed by atoms with Crippen LogP contribution in [0.5, 0.6) is 0 Å². The molecule has 0 radical (unpaired) electrons. The summed E-state index contributed by atoms with van der Waals surface area (Å²) in [7, 11) is 0. The van der Waals surface area contributed by atoms with E-state index >= 15 is 0 Å². The highest BCUT2D eigenvalue weighted by molar-refractivity contribution is 6.05. The van der Waals surface area contributed by atoms with Crippen molar-refractivity contribution in [1.29, 1.82) is 0 Å². The van der Waals surface area contributed by atoms with Crippen molar-refractivity contribution in [3.63, 3.8) is 0 Å². The molecule has 0 fully saturated rings. The molecule has 0 spiro atoms. The first-order valence-corrected chi connectivity index (χ1v) is 6.38. The van der Waals surface area contributed by atoms with E-state index in [9.17, 15) is 13.6 Å². The summed E-state index contributed by atoms with van der Waals surface area (Å²) in [5.41, 5.74) is 1.84. The van der Waals surface area contributed by atoms with Crippen LogP contribution in [-0.4, -0.2) is 5.91 Å². The van der Waals surface area contributed by atoms with E-state index in [1.165, 1.54) is 6.07 Å². The van der Waals surface area contributed by atoms with Gasteiger partial charge in [0.1, 0.15) is 17.2 Å². The van der Waals surface area contributed by atoms with Crippen LogP contribution in [0.25, 0.3) is 0 Å². The van der Waals surface area contributed by atoms with Gasteiger partial charge in [0.25, 0.3) is 5.91 Å². The smallest absolute Gasteiger partial charge is 0.261 e. The van der Waals surface area contributed by atoms with Crippen LogP contribution in [0.15, 0.2) is 36.4 Å². The van der Waals surface area contributed by atoms with E-state index in [-0.39, 0.29) is 0 Å². The molecular formula is C16H15F2NO. The van der Waals surface area contributed by atoms with Crippen molar-refractivity contribution < 1.29 is 13.6 Å². The van der Waals surface area contributed by atoms with Gasteiger partial charge in [-0.25, -0.2) is 8.78 Å². The Labute approximate surface area is 116 Å². The third kappa shape index (κ3) is 2.69. The van der Waals surface area contributed by atoms with Gasteiger partial charge in [-0.2, -0.15) is 0 Å². The molecule has 0 aliphatic rings. The third-order valence-corrected chi connectivity index (χ3v) is 3.17. The third-order valence-electron chi connectivity index (χ3n) is 3.17. The van der Waals surface area contributed by atoms with Crippen molar-refractivity contribution in [3.8, 4) is 0 Å². The molecule has 0 atom stereocenters. The van der Waals surface area contributed by atoms with E-state index in [1.807, 2.05) is 32.0 Å². The Morgan fingerprint density at radius 1 is 1.10 bits per heavy atom. The topological polar surface area (TPSA) is 29.1 Å². The molecule has 0 aromatic heterocycles. The minimum absolute atomic E-state index is 0.558. The standard InChI is InChI=1S/C16H15F2NO/c1-3-11-7-4-6-10(2)15(11)19-16(20)14-12(17)8-5-9-13(14)18/h4-9H,3H2,1-2H3,(H,19,20). The zero-order chi connectivity index (χ0) is 14.7. The summed E-state index contributed by atoms with van der Waals surface area (Å²) in [6.07, 6.45) is 0.719. The number of hydrogen-bond donors (Lipinski definition) is 1. The minimum atomic E-state index is -0.867. The van der Waals surface area contributed by atoms with Crippen molar-refractivity contribution in [2.75, 3.05) is 5.32 Å². The second-order valence-electron chi connectivity index (χ2n) is 4.51. The van der Waals surface area contributed by atoms with Crippen LogP contribution < -0.4 is 5.32 Å². The van der Waals surface area contributed by atoms with Crippen molar-refractivity contribution in [1.82, 2.24) is 0 Å². The lowest BCUT2D eigenvalue weighted by Gasteiger charge is -2.13. The summed E-state index contributed by atoms with van der Waals surface area (Å²) in [5, 5.41) is 2.61.